The van der Waals surface area contributed by atoms with Crippen LogP contribution in [0.15, 0.2) is 53.4 Å². The van der Waals surface area contributed by atoms with E-state index in [0.29, 0.717) is 19.6 Å². The van der Waals surface area contributed by atoms with Crippen molar-refractivity contribution < 1.29 is 27.5 Å². The summed E-state index contributed by atoms with van der Waals surface area (Å²) in [6, 6.07) is 11.7. The number of morpholine rings is 1. The molecule has 10 nitrogen and oxygen atoms in total. The number of amides is 4. The molecule has 0 aliphatic carbocycles. The molecule has 1 unspecified atom stereocenters. The Morgan fingerprint density at radius 2 is 1.82 bits per heavy atom. The molecule has 2 aromatic carbocycles. The van der Waals surface area contributed by atoms with Crippen molar-refractivity contribution >= 4 is 45.2 Å². The molecule has 180 valence electrons. The number of sulfonamides is 1. The fourth-order valence-electron chi connectivity index (χ4n) is 3.74. The van der Waals surface area contributed by atoms with E-state index in [0.717, 1.165) is 10.5 Å². The van der Waals surface area contributed by atoms with Gasteiger partial charge in [0.25, 0.3) is 5.91 Å². The lowest BCUT2D eigenvalue weighted by Crippen LogP contribution is -2.40. The zero-order chi connectivity index (χ0) is 24.3. The second-order valence-electron chi connectivity index (χ2n) is 7.82. The first kappa shape index (κ1) is 24.1. The number of rotatable bonds is 7. The molecule has 2 heterocycles. The fraction of sp³-hybridized carbons (Fsp3) is 0.318. The zero-order valence-electron chi connectivity index (χ0n) is 18.1. The summed E-state index contributed by atoms with van der Waals surface area (Å²) in [6.45, 7) is 0.514. The number of carbonyl (C=O) groups is 3. The highest BCUT2D eigenvalue weighted by Gasteiger charge is 2.39. The van der Waals surface area contributed by atoms with Gasteiger partial charge in [0.2, 0.25) is 15.9 Å². The molecule has 0 spiro atoms. The number of urea groups is 1. The van der Waals surface area contributed by atoms with Gasteiger partial charge in [0.1, 0.15) is 12.6 Å². The third-order valence-corrected chi connectivity index (χ3v) is 7.74. The topological polar surface area (TPSA) is 125 Å². The van der Waals surface area contributed by atoms with E-state index >= 15 is 0 Å². The Morgan fingerprint density at radius 1 is 1.12 bits per heavy atom. The molecule has 2 saturated heterocycles. The standard InChI is InChI=1S/C22H23ClN4O6S/c23-17-7-6-16(34(31,32)26-8-10-33-11-9-26)13-18(17)24-20(28)14-27-21(29)19(25-22(27)30)12-15-4-2-1-3-5-15/h1-7,13,19H,8-12,14H2,(H,24,28)(H,25,30). The second-order valence-corrected chi connectivity index (χ2v) is 10.2. The minimum absolute atomic E-state index is 0.0352. The quantitative estimate of drug-likeness (QED) is 0.548. The van der Waals surface area contributed by atoms with Crippen LogP contribution in [0.4, 0.5) is 10.5 Å². The monoisotopic (exact) mass is 506 g/mol. The smallest absolute Gasteiger partial charge is 0.325 e. The lowest BCUT2D eigenvalue weighted by Gasteiger charge is -2.26. The highest BCUT2D eigenvalue weighted by atomic mass is 35.5. The number of halogens is 1. The number of benzene rings is 2. The molecular formula is C22H23ClN4O6S. The van der Waals surface area contributed by atoms with Gasteiger partial charge in [-0.25, -0.2) is 13.2 Å². The molecule has 4 rings (SSSR count). The maximum absolute atomic E-state index is 12.9. The number of ether oxygens (including phenoxy) is 1. The molecule has 0 bridgehead atoms. The molecule has 2 fully saturated rings. The minimum Gasteiger partial charge on any atom is -0.379 e. The Balaban J connectivity index is 1.43. The van der Waals surface area contributed by atoms with Gasteiger partial charge < -0.3 is 15.4 Å². The van der Waals surface area contributed by atoms with Crippen molar-refractivity contribution in [1.29, 1.82) is 0 Å². The number of nitrogens with one attached hydrogen (secondary N) is 2. The van der Waals surface area contributed by atoms with Crippen LogP contribution in [0.2, 0.25) is 5.02 Å². The summed E-state index contributed by atoms with van der Waals surface area (Å²) >= 11 is 6.16. The predicted molar refractivity (Wildman–Crippen MR) is 124 cm³/mol. The molecule has 2 N–H and O–H groups in total. The molecule has 0 radical (unpaired) electrons. The van der Waals surface area contributed by atoms with Crippen LogP contribution >= 0.6 is 11.6 Å². The number of imide groups is 1. The summed E-state index contributed by atoms with van der Waals surface area (Å²) in [5.41, 5.74) is 0.936. The van der Waals surface area contributed by atoms with E-state index < -0.39 is 40.5 Å². The number of carbonyl (C=O) groups excluding carboxylic acids is 3. The van der Waals surface area contributed by atoms with E-state index in [4.69, 9.17) is 16.3 Å². The molecule has 0 saturated carbocycles. The highest BCUT2D eigenvalue weighted by Crippen LogP contribution is 2.27. The van der Waals surface area contributed by atoms with E-state index in [1.165, 1.54) is 22.5 Å². The van der Waals surface area contributed by atoms with Crippen molar-refractivity contribution in [2.75, 3.05) is 38.2 Å². The summed E-state index contributed by atoms with van der Waals surface area (Å²) in [5.74, 6) is -1.20. The number of hydrogen-bond acceptors (Lipinski definition) is 6. The molecule has 2 aliphatic rings. The summed E-state index contributed by atoms with van der Waals surface area (Å²) in [5, 5.41) is 5.21. The highest BCUT2D eigenvalue weighted by molar-refractivity contribution is 7.89. The third kappa shape index (κ3) is 5.22. The average Bonchev–Trinajstić information content (AvgIpc) is 3.09. The van der Waals surface area contributed by atoms with E-state index in [2.05, 4.69) is 10.6 Å². The fourth-order valence-corrected chi connectivity index (χ4v) is 5.34. The normalized spacial score (nSPS) is 19.2. The van der Waals surface area contributed by atoms with Gasteiger partial charge in [0.15, 0.2) is 0 Å². The Kier molecular flexibility index (Phi) is 7.17. The molecular weight excluding hydrogens is 484 g/mol. The Bertz CT molecular complexity index is 1200. The van der Waals surface area contributed by atoms with Crippen molar-refractivity contribution in [2.45, 2.75) is 17.4 Å². The molecule has 4 amide bonds. The van der Waals surface area contributed by atoms with Gasteiger partial charge in [-0.15, -0.1) is 0 Å². The number of nitrogens with zero attached hydrogens (tertiary/aromatic N) is 2. The Labute approximate surface area is 201 Å². The van der Waals surface area contributed by atoms with E-state index in [9.17, 15) is 22.8 Å². The zero-order valence-corrected chi connectivity index (χ0v) is 19.6. The van der Waals surface area contributed by atoms with Crippen LogP contribution < -0.4 is 10.6 Å². The Morgan fingerprint density at radius 3 is 2.53 bits per heavy atom. The summed E-state index contributed by atoms with van der Waals surface area (Å²) < 4.78 is 32.3. The lowest BCUT2D eigenvalue weighted by molar-refractivity contribution is -0.130. The van der Waals surface area contributed by atoms with Gasteiger partial charge in [-0.2, -0.15) is 4.31 Å². The van der Waals surface area contributed by atoms with E-state index in [-0.39, 0.29) is 28.7 Å². The van der Waals surface area contributed by atoms with Gasteiger partial charge in [0.05, 0.1) is 28.8 Å². The SMILES string of the molecule is O=C(CN1C(=O)NC(Cc2ccccc2)C1=O)Nc1cc(S(=O)(=O)N2CCOCC2)ccc1Cl. The van der Waals surface area contributed by atoms with E-state index in [1.807, 2.05) is 30.3 Å². The van der Waals surface area contributed by atoms with Crippen LogP contribution in [0.5, 0.6) is 0 Å². The largest absolute Gasteiger partial charge is 0.379 e. The van der Waals surface area contributed by atoms with Crippen molar-refractivity contribution in [2.24, 2.45) is 0 Å². The second kappa shape index (κ2) is 10.1. The predicted octanol–water partition coefficient (Wildman–Crippen LogP) is 1.46. The number of hydrogen-bond donors (Lipinski definition) is 2. The summed E-state index contributed by atoms with van der Waals surface area (Å²) in [7, 11) is -3.80. The molecule has 2 aliphatic heterocycles. The van der Waals surface area contributed by atoms with Gasteiger partial charge in [-0.1, -0.05) is 41.9 Å². The average molecular weight is 507 g/mol. The maximum atomic E-state index is 12.9. The minimum atomic E-state index is -3.80. The van der Waals surface area contributed by atoms with Gasteiger partial charge in [-0.3, -0.25) is 14.5 Å². The van der Waals surface area contributed by atoms with Gasteiger partial charge in [-0.05, 0) is 23.8 Å². The third-order valence-electron chi connectivity index (χ3n) is 5.51. The van der Waals surface area contributed by atoms with Crippen LogP contribution in [-0.4, -0.2) is 74.4 Å². The van der Waals surface area contributed by atoms with Crippen LogP contribution in [0, 0.1) is 0 Å². The lowest BCUT2D eigenvalue weighted by atomic mass is 10.1. The van der Waals surface area contributed by atoms with Crippen molar-refractivity contribution in [3.63, 3.8) is 0 Å². The molecule has 34 heavy (non-hydrogen) atoms. The molecule has 12 heteroatoms. The molecule has 2 aromatic rings. The van der Waals surface area contributed by atoms with Crippen LogP contribution in [0.25, 0.3) is 0 Å². The summed E-state index contributed by atoms with van der Waals surface area (Å²) in [4.78, 5) is 38.4. The van der Waals surface area contributed by atoms with Gasteiger partial charge in [0, 0.05) is 19.5 Å². The van der Waals surface area contributed by atoms with Crippen LogP contribution in [0.1, 0.15) is 5.56 Å². The first-order valence-corrected chi connectivity index (χ1v) is 12.4. The molecule has 0 aromatic heterocycles. The van der Waals surface area contributed by atoms with Crippen molar-refractivity contribution in [3.8, 4) is 0 Å². The van der Waals surface area contributed by atoms with Crippen LogP contribution in [-0.2, 0) is 30.8 Å². The van der Waals surface area contributed by atoms with Gasteiger partial charge >= 0.3 is 6.03 Å². The first-order chi connectivity index (χ1) is 16.3. The maximum Gasteiger partial charge on any atom is 0.325 e. The summed E-state index contributed by atoms with van der Waals surface area (Å²) in [6.07, 6.45) is 0.302. The van der Waals surface area contributed by atoms with Crippen LogP contribution in [0.3, 0.4) is 0 Å². The number of anilines is 1. The van der Waals surface area contributed by atoms with Crippen molar-refractivity contribution in [3.05, 3.63) is 59.1 Å². The van der Waals surface area contributed by atoms with E-state index in [1.54, 1.807) is 0 Å². The molecule has 1 atom stereocenters. The van der Waals surface area contributed by atoms with Crippen molar-refractivity contribution in [1.82, 2.24) is 14.5 Å². The Hall–Kier alpha value is -2.99. The first-order valence-electron chi connectivity index (χ1n) is 10.6.